The van der Waals surface area contributed by atoms with Gasteiger partial charge in [0.05, 0.1) is 9.88 Å². The summed E-state index contributed by atoms with van der Waals surface area (Å²) in [6.07, 6.45) is 3.20. The fourth-order valence-electron chi connectivity index (χ4n) is 2.59. The van der Waals surface area contributed by atoms with Gasteiger partial charge in [-0.15, -0.1) is 11.3 Å². The molecular formula is C17H26N2O2S2. The summed E-state index contributed by atoms with van der Waals surface area (Å²) in [7, 11) is 0. The van der Waals surface area contributed by atoms with E-state index in [0.29, 0.717) is 5.92 Å². The van der Waals surface area contributed by atoms with E-state index in [1.165, 1.54) is 11.3 Å². The van der Waals surface area contributed by atoms with Crippen molar-refractivity contribution in [3.63, 3.8) is 0 Å². The Hall–Kier alpha value is -1.01. The van der Waals surface area contributed by atoms with Crippen LogP contribution in [0.15, 0.2) is 6.07 Å². The fourth-order valence-corrected chi connectivity index (χ4v) is 4.37. The molecule has 23 heavy (non-hydrogen) atoms. The number of likely N-dealkylation sites (tertiary alicyclic amines) is 1. The Morgan fingerprint density at radius 3 is 2.74 bits per heavy atom. The molecule has 1 aromatic rings. The third-order valence-corrected chi connectivity index (χ3v) is 5.95. The zero-order valence-electron chi connectivity index (χ0n) is 14.6. The SMILES string of the molecule is CSC[C@H]1CCN(C(=O)c2sc(NC(=O)C(C)(C)C)cc2C)C1. The van der Waals surface area contributed by atoms with Crippen molar-refractivity contribution in [1.82, 2.24) is 4.90 Å². The molecule has 0 aliphatic carbocycles. The number of nitrogens with one attached hydrogen (secondary N) is 1. The molecule has 0 aromatic carbocycles. The van der Waals surface area contributed by atoms with Gasteiger partial charge in [-0.3, -0.25) is 9.59 Å². The predicted molar refractivity (Wildman–Crippen MR) is 99.5 cm³/mol. The molecule has 0 saturated carbocycles. The van der Waals surface area contributed by atoms with Crippen LogP contribution in [-0.2, 0) is 4.79 Å². The summed E-state index contributed by atoms with van der Waals surface area (Å²) in [4.78, 5) is 27.5. The van der Waals surface area contributed by atoms with E-state index in [1.807, 2.05) is 50.4 Å². The summed E-state index contributed by atoms with van der Waals surface area (Å²) < 4.78 is 0. The van der Waals surface area contributed by atoms with Crippen molar-refractivity contribution in [2.75, 3.05) is 30.4 Å². The van der Waals surface area contributed by atoms with Crippen LogP contribution in [0.5, 0.6) is 0 Å². The van der Waals surface area contributed by atoms with Crippen molar-refractivity contribution in [1.29, 1.82) is 0 Å². The monoisotopic (exact) mass is 354 g/mol. The molecule has 1 aromatic heterocycles. The van der Waals surface area contributed by atoms with E-state index in [9.17, 15) is 9.59 Å². The molecule has 0 radical (unpaired) electrons. The summed E-state index contributed by atoms with van der Waals surface area (Å²) in [5.74, 6) is 1.79. The van der Waals surface area contributed by atoms with Crippen LogP contribution < -0.4 is 5.32 Å². The quantitative estimate of drug-likeness (QED) is 0.893. The number of carbonyl (C=O) groups excluding carboxylic acids is 2. The van der Waals surface area contributed by atoms with E-state index >= 15 is 0 Å². The number of thioether (sulfide) groups is 1. The molecule has 4 nitrogen and oxygen atoms in total. The maximum absolute atomic E-state index is 12.7. The van der Waals surface area contributed by atoms with E-state index in [2.05, 4.69) is 11.6 Å². The number of amides is 2. The molecule has 0 unspecified atom stereocenters. The highest BCUT2D eigenvalue weighted by molar-refractivity contribution is 7.98. The highest BCUT2D eigenvalue weighted by Crippen LogP contribution is 2.31. The lowest BCUT2D eigenvalue weighted by Crippen LogP contribution is -2.28. The van der Waals surface area contributed by atoms with Crippen LogP contribution in [-0.4, -0.2) is 41.8 Å². The molecule has 1 aliphatic rings. The minimum atomic E-state index is -0.442. The van der Waals surface area contributed by atoms with Gasteiger partial charge in [-0.2, -0.15) is 11.8 Å². The molecule has 128 valence electrons. The molecule has 2 rings (SSSR count). The van der Waals surface area contributed by atoms with Crippen LogP contribution in [0, 0.1) is 18.3 Å². The molecule has 0 spiro atoms. The molecular weight excluding hydrogens is 328 g/mol. The maximum Gasteiger partial charge on any atom is 0.264 e. The van der Waals surface area contributed by atoms with Gasteiger partial charge in [0.1, 0.15) is 0 Å². The number of aryl methyl sites for hydroxylation is 1. The number of anilines is 1. The molecule has 6 heteroatoms. The van der Waals surface area contributed by atoms with Crippen LogP contribution in [0.1, 0.15) is 42.4 Å². The maximum atomic E-state index is 12.7. The number of thiophene rings is 1. The third kappa shape index (κ3) is 4.51. The van der Waals surface area contributed by atoms with Crippen molar-refractivity contribution in [2.24, 2.45) is 11.3 Å². The Morgan fingerprint density at radius 2 is 2.13 bits per heavy atom. The van der Waals surface area contributed by atoms with Crippen molar-refractivity contribution < 1.29 is 9.59 Å². The predicted octanol–water partition coefficient (Wildman–Crippen LogP) is 3.87. The Balaban J connectivity index is 2.06. The van der Waals surface area contributed by atoms with Crippen molar-refractivity contribution in [3.8, 4) is 0 Å². The number of carbonyl (C=O) groups is 2. The molecule has 1 N–H and O–H groups in total. The van der Waals surface area contributed by atoms with Crippen LogP contribution in [0.25, 0.3) is 0 Å². The zero-order chi connectivity index (χ0) is 17.2. The number of hydrogen-bond donors (Lipinski definition) is 1. The second-order valence-corrected chi connectivity index (χ2v) is 9.15. The zero-order valence-corrected chi connectivity index (χ0v) is 16.2. The van der Waals surface area contributed by atoms with Crippen LogP contribution in [0.3, 0.4) is 0 Å². The first kappa shape index (κ1) is 18.3. The molecule has 2 amide bonds. The number of rotatable bonds is 4. The normalized spacial score (nSPS) is 18.3. The summed E-state index contributed by atoms with van der Waals surface area (Å²) in [6.45, 7) is 9.26. The minimum Gasteiger partial charge on any atom is -0.338 e. The van der Waals surface area contributed by atoms with E-state index in [0.717, 1.165) is 40.7 Å². The topological polar surface area (TPSA) is 49.4 Å². The summed E-state index contributed by atoms with van der Waals surface area (Å²) >= 11 is 3.23. The number of hydrogen-bond acceptors (Lipinski definition) is 4. The largest absolute Gasteiger partial charge is 0.338 e. The minimum absolute atomic E-state index is 0.0287. The first-order chi connectivity index (χ1) is 10.7. The second-order valence-electron chi connectivity index (χ2n) is 7.19. The van der Waals surface area contributed by atoms with E-state index in [1.54, 1.807) is 0 Å². The van der Waals surface area contributed by atoms with Gasteiger partial charge in [-0.05, 0) is 42.9 Å². The molecule has 1 saturated heterocycles. The van der Waals surface area contributed by atoms with Gasteiger partial charge < -0.3 is 10.2 Å². The Labute approximate surface area is 147 Å². The molecule has 1 atom stereocenters. The van der Waals surface area contributed by atoms with Gasteiger partial charge >= 0.3 is 0 Å². The van der Waals surface area contributed by atoms with Crippen molar-refractivity contribution in [2.45, 2.75) is 34.1 Å². The molecule has 0 bridgehead atoms. The Morgan fingerprint density at radius 1 is 1.43 bits per heavy atom. The smallest absolute Gasteiger partial charge is 0.264 e. The fraction of sp³-hybridized carbons (Fsp3) is 0.647. The van der Waals surface area contributed by atoms with E-state index in [-0.39, 0.29) is 11.8 Å². The van der Waals surface area contributed by atoms with E-state index < -0.39 is 5.41 Å². The summed E-state index contributed by atoms with van der Waals surface area (Å²) in [5, 5.41) is 3.68. The Bertz CT molecular complexity index is 590. The molecule has 1 aliphatic heterocycles. The Kier molecular flexibility index (Phi) is 5.79. The lowest BCUT2D eigenvalue weighted by Gasteiger charge is -2.17. The van der Waals surface area contributed by atoms with Gasteiger partial charge in [0.15, 0.2) is 0 Å². The van der Waals surface area contributed by atoms with Crippen molar-refractivity contribution in [3.05, 3.63) is 16.5 Å². The van der Waals surface area contributed by atoms with Crippen LogP contribution in [0.4, 0.5) is 5.00 Å². The van der Waals surface area contributed by atoms with Crippen molar-refractivity contribution >= 4 is 39.9 Å². The average Bonchev–Trinajstić information content (AvgIpc) is 3.04. The summed E-state index contributed by atoms with van der Waals surface area (Å²) in [5.41, 5.74) is 0.500. The lowest BCUT2D eigenvalue weighted by atomic mass is 9.96. The first-order valence-corrected chi connectivity index (χ1v) is 10.1. The second kappa shape index (κ2) is 7.26. The molecule has 2 heterocycles. The van der Waals surface area contributed by atoms with Crippen LogP contribution in [0.2, 0.25) is 0 Å². The number of nitrogens with zero attached hydrogens (tertiary/aromatic N) is 1. The van der Waals surface area contributed by atoms with Gasteiger partial charge in [0.2, 0.25) is 5.91 Å². The average molecular weight is 355 g/mol. The van der Waals surface area contributed by atoms with Gasteiger partial charge in [-0.25, -0.2) is 0 Å². The lowest BCUT2D eigenvalue weighted by molar-refractivity contribution is -0.123. The highest BCUT2D eigenvalue weighted by Gasteiger charge is 2.29. The standard InChI is InChI=1S/C17H26N2O2S2/c1-11-8-13(18-16(21)17(2,3)4)23-14(11)15(20)19-7-6-12(9-19)10-22-5/h8,12H,6-7,9-10H2,1-5H3,(H,18,21)/t12-/m0/s1. The third-order valence-electron chi connectivity index (χ3n) is 4.01. The van der Waals surface area contributed by atoms with Gasteiger partial charge in [0, 0.05) is 18.5 Å². The first-order valence-electron chi connectivity index (χ1n) is 7.92. The van der Waals surface area contributed by atoms with Gasteiger partial charge in [0.25, 0.3) is 5.91 Å². The highest BCUT2D eigenvalue weighted by atomic mass is 32.2. The van der Waals surface area contributed by atoms with E-state index in [4.69, 9.17) is 0 Å². The summed E-state index contributed by atoms with van der Waals surface area (Å²) in [6, 6.07) is 1.90. The van der Waals surface area contributed by atoms with Gasteiger partial charge in [-0.1, -0.05) is 20.8 Å². The van der Waals surface area contributed by atoms with Crippen LogP contribution >= 0.6 is 23.1 Å². The molecule has 1 fully saturated rings.